The largest absolute Gasteiger partial charge is 0.451 e. The van der Waals surface area contributed by atoms with Crippen LogP contribution in [0.2, 0.25) is 0 Å². The van der Waals surface area contributed by atoms with Crippen molar-refractivity contribution < 1.29 is 9.21 Å². The lowest BCUT2D eigenvalue weighted by atomic mass is 10.1. The summed E-state index contributed by atoms with van der Waals surface area (Å²) in [5.74, 6) is 0.384. The zero-order valence-electron chi connectivity index (χ0n) is 12.4. The van der Waals surface area contributed by atoms with E-state index in [1.54, 1.807) is 0 Å². The molecule has 0 aliphatic carbocycles. The molecule has 2 aromatic rings. The smallest absolute Gasteiger partial charge is 0.289 e. The van der Waals surface area contributed by atoms with Gasteiger partial charge in [0, 0.05) is 24.5 Å². The number of hydrogen-bond donors (Lipinski definition) is 1. The molecule has 1 saturated heterocycles. The van der Waals surface area contributed by atoms with Gasteiger partial charge in [-0.1, -0.05) is 0 Å². The van der Waals surface area contributed by atoms with E-state index in [1.165, 1.54) is 11.1 Å². The summed E-state index contributed by atoms with van der Waals surface area (Å²) in [6.45, 7) is 5.40. The van der Waals surface area contributed by atoms with E-state index in [-0.39, 0.29) is 24.4 Å². The van der Waals surface area contributed by atoms with Crippen molar-refractivity contribution in [3.63, 3.8) is 0 Å². The molecule has 1 aromatic carbocycles. The van der Waals surface area contributed by atoms with Crippen molar-refractivity contribution in [2.45, 2.75) is 32.7 Å². The van der Waals surface area contributed by atoms with Gasteiger partial charge >= 0.3 is 0 Å². The summed E-state index contributed by atoms with van der Waals surface area (Å²) in [6, 6.07) is 6.05. The van der Waals surface area contributed by atoms with Crippen molar-refractivity contribution in [1.82, 2.24) is 4.90 Å². The van der Waals surface area contributed by atoms with Gasteiger partial charge in [-0.3, -0.25) is 4.79 Å². The van der Waals surface area contributed by atoms with E-state index in [0.29, 0.717) is 12.3 Å². The van der Waals surface area contributed by atoms with Crippen molar-refractivity contribution in [3.8, 4) is 0 Å². The average Bonchev–Trinajstić information content (AvgIpc) is 3.04. The zero-order valence-corrected chi connectivity index (χ0v) is 13.2. The number of nitrogens with two attached hydrogens (primary N) is 1. The summed E-state index contributed by atoms with van der Waals surface area (Å²) >= 11 is 0. The van der Waals surface area contributed by atoms with Gasteiger partial charge in [0.15, 0.2) is 5.76 Å². The first-order valence-corrected chi connectivity index (χ1v) is 7.12. The van der Waals surface area contributed by atoms with Crippen LogP contribution < -0.4 is 5.73 Å². The summed E-state index contributed by atoms with van der Waals surface area (Å²) in [5, 5.41) is 0.986. The Hall–Kier alpha value is -1.52. The normalized spacial score (nSPS) is 18.0. The highest BCUT2D eigenvalue weighted by Gasteiger charge is 2.30. The van der Waals surface area contributed by atoms with Gasteiger partial charge in [-0.15, -0.1) is 12.4 Å². The molecule has 5 heteroatoms. The molecule has 2 heterocycles. The molecule has 3 rings (SSSR count). The third-order valence-electron chi connectivity index (χ3n) is 4.25. The number of benzene rings is 1. The summed E-state index contributed by atoms with van der Waals surface area (Å²) in [6.07, 6.45) is 2.01. The van der Waals surface area contributed by atoms with Crippen LogP contribution in [0.3, 0.4) is 0 Å². The Balaban J connectivity index is 0.00000161. The first-order chi connectivity index (χ1) is 9.60. The molecule has 0 spiro atoms. The number of halogens is 1. The van der Waals surface area contributed by atoms with Crippen LogP contribution in [0.5, 0.6) is 0 Å². The topological polar surface area (TPSA) is 59.5 Å². The molecule has 1 fully saturated rings. The van der Waals surface area contributed by atoms with Crippen molar-refractivity contribution in [2.24, 2.45) is 5.73 Å². The van der Waals surface area contributed by atoms with E-state index >= 15 is 0 Å². The minimum Gasteiger partial charge on any atom is -0.451 e. The van der Waals surface area contributed by atoms with Gasteiger partial charge in [0.2, 0.25) is 0 Å². The quantitative estimate of drug-likeness (QED) is 0.927. The Morgan fingerprint density at radius 1 is 1.33 bits per heavy atom. The van der Waals surface area contributed by atoms with Crippen LogP contribution in [0.1, 0.15) is 34.5 Å². The highest BCUT2D eigenvalue weighted by atomic mass is 35.5. The Labute approximate surface area is 130 Å². The molecule has 0 saturated carbocycles. The van der Waals surface area contributed by atoms with Crippen LogP contribution in [0.15, 0.2) is 22.6 Å². The molecule has 1 aromatic heterocycles. The predicted molar refractivity (Wildman–Crippen MR) is 86.0 cm³/mol. The fourth-order valence-electron chi connectivity index (χ4n) is 2.90. The van der Waals surface area contributed by atoms with Crippen LogP contribution in [0, 0.1) is 13.8 Å². The maximum absolute atomic E-state index is 12.5. The van der Waals surface area contributed by atoms with E-state index in [4.69, 9.17) is 10.2 Å². The fraction of sp³-hybridized carbons (Fsp3) is 0.438. The number of likely N-dealkylation sites (tertiary alicyclic amines) is 1. The number of carbonyl (C=O) groups is 1. The van der Waals surface area contributed by atoms with Crippen LogP contribution in [0.4, 0.5) is 0 Å². The lowest BCUT2D eigenvalue weighted by Gasteiger charge is -2.22. The maximum atomic E-state index is 12.5. The fourth-order valence-corrected chi connectivity index (χ4v) is 2.90. The molecule has 0 radical (unpaired) electrons. The monoisotopic (exact) mass is 308 g/mol. The number of furan rings is 1. The van der Waals surface area contributed by atoms with E-state index in [0.717, 1.165) is 30.4 Å². The summed E-state index contributed by atoms with van der Waals surface area (Å²) < 4.78 is 5.74. The standard InChI is InChI=1S/C16H20N2O2.ClH/c1-10-6-12-8-15(20-14(12)7-11(10)2)16(19)18-5-3-4-13(18)9-17;/h6-8,13H,3-5,9,17H2,1-2H3;1H. The zero-order chi connectivity index (χ0) is 14.3. The molecule has 1 amide bonds. The lowest BCUT2D eigenvalue weighted by Crippen LogP contribution is -2.39. The van der Waals surface area contributed by atoms with Gasteiger partial charge in [-0.2, -0.15) is 0 Å². The lowest BCUT2D eigenvalue weighted by molar-refractivity contribution is 0.0711. The van der Waals surface area contributed by atoms with Crippen LogP contribution in [0.25, 0.3) is 11.0 Å². The van der Waals surface area contributed by atoms with Gasteiger partial charge in [0.25, 0.3) is 5.91 Å². The number of nitrogens with zero attached hydrogens (tertiary/aromatic N) is 1. The number of aryl methyl sites for hydroxylation is 2. The molecular weight excluding hydrogens is 288 g/mol. The van der Waals surface area contributed by atoms with Gasteiger partial charge in [0.05, 0.1) is 0 Å². The number of hydrogen-bond acceptors (Lipinski definition) is 3. The molecule has 0 bridgehead atoms. The minimum atomic E-state index is -0.0375. The molecular formula is C16H21ClN2O2. The second-order valence-electron chi connectivity index (χ2n) is 5.62. The van der Waals surface area contributed by atoms with Crippen LogP contribution in [-0.4, -0.2) is 29.9 Å². The molecule has 1 aliphatic rings. The van der Waals surface area contributed by atoms with Crippen molar-refractivity contribution >= 4 is 29.3 Å². The molecule has 21 heavy (non-hydrogen) atoms. The Bertz CT molecular complexity index is 627. The number of rotatable bonds is 2. The van der Waals surface area contributed by atoms with Crippen LogP contribution in [-0.2, 0) is 0 Å². The SMILES string of the molecule is Cc1cc2cc(C(=O)N3CCCC3CN)oc2cc1C.Cl. The third-order valence-corrected chi connectivity index (χ3v) is 4.25. The molecule has 114 valence electrons. The Morgan fingerprint density at radius 2 is 2.05 bits per heavy atom. The summed E-state index contributed by atoms with van der Waals surface area (Å²) in [4.78, 5) is 14.4. The van der Waals surface area contributed by atoms with Crippen LogP contribution >= 0.6 is 12.4 Å². The average molecular weight is 309 g/mol. The van der Waals surface area contributed by atoms with Crippen molar-refractivity contribution in [1.29, 1.82) is 0 Å². The van der Waals surface area contributed by atoms with E-state index in [2.05, 4.69) is 13.0 Å². The van der Waals surface area contributed by atoms with Gasteiger partial charge in [-0.25, -0.2) is 0 Å². The van der Waals surface area contributed by atoms with Gasteiger partial charge in [0.1, 0.15) is 5.58 Å². The minimum absolute atomic E-state index is 0. The maximum Gasteiger partial charge on any atom is 0.289 e. The second-order valence-corrected chi connectivity index (χ2v) is 5.62. The molecule has 4 nitrogen and oxygen atoms in total. The highest BCUT2D eigenvalue weighted by molar-refractivity contribution is 5.96. The van der Waals surface area contributed by atoms with Gasteiger partial charge in [-0.05, 0) is 56.0 Å². The molecule has 1 aliphatic heterocycles. The third kappa shape index (κ3) is 2.78. The molecule has 1 unspecified atom stereocenters. The summed E-state index contributed by atoms with van der Waals surface area (Å²) in [7, 11) is 0. The Kier molecular flexibility index (Phi) is 4.59. The highest BCUT2D eigenvalue weighted by Crippen LogP contribution is 2.26. The van der Waals surface area contributed by atoms with E-state index in [9.17, 15) is 4.79 Å². The van der Waals surface area contributed by atoms with E-state index in [1.807, 2.05) is 24.0 Å². The first-order valence-electron chi connectivity index (χ1n) is 7.12. The first kappa shape index (κ1) is 15.9. The molecule has 2 N–H and O–H groups in total. The second kappa shape index (κ2) is 6.08. The number of fused-ring (bicyclic) bond motifs is 1. The predicted octanol–water partition coefficient (Wildman–Crippen LogP) is 3.03. The summed E-state index contributed by atoms with van der Waals surface area (Å²) in [5.41, 5.74) is 8.89. The Morgan fingerprint density at radius 3 is 2.76 bits per heavy atom. The van der Waals surface area contributed by atoms with Gasteiger partial charge < -0.3 is 15.1 Å². The van der Waals surface area contributed by atoms with Crippen molar-refractivity contribution in [2.75, 3.05) is 13.1 Å². The number of amides is 1. The molecule has 1 atom stereocenters. The number of carbonyl (C=O) groups excluding carboxylic acids is 1. The van der Waals surface area contributed by atoms with Crippen molar-refractivity contribution in [3.05, 3.63) is 35.1 Å². The van der Waals surface area contributed by atoms with E-state index < -0.39 is 0 Å².